The molecule has 136 valence electrons. The summed E-state index contributed by atoms with van der Waals surface area (Å²) < 4.78 is 0. The monoisotopic (exact) mass is 360 g/mol. The lowest BCUT2D eigenvalue weighted by Gasteiger charge is -2.33. The second kappa shape index (κ2) is 5.94. The number of carbonyl (C=O) groups is 1. The van der Waals surface area contributed by atoms with Crippen LogP contribution in [0.5, 0.6) is 5.75 Å². The highest BCUT2D eigenvalue weighted by molar-refractivity contribution is 5.88. The Hall–Kier alpha value is -3.15. The molecule has 3 heterocycles. The van der Waals surface area contributed by atoms with Gasteiger partial charge in [0.15, 0.2) is 5.65 Å². The number of nitrogens with zero attached hydrogens (tertiary/aromatic N) is 3. The molecule has 3 aromatic rings. The van der Waals surface area contributed by atoms with Gasteiger partial charge in [-0.1, -0.05) is 18.7 Å². The third kappa shape index (κ3) is 2.44. The van der Waals surface area contributed by atoms with Crippen molar-refractivity contribution in [2.45, 2.75) is 18.9 Å². The fraction of sp³-hybridized carbons (Fsp3) is 0.286. The molecule has 2 N–H and O–H groups in total. The molecule has 0 spiro atoms. The number of hydrogen-bond donors (Lipinski definition) is 2. The molecular weight excluding hydrogens is 340 g/mol. The number of H-pyrrole nitrogens is 1. The van der Waals surface area contributed by atoms with Crippen LogP contribution in [0.15, 0.2) is 49.1 Å². The van der Waals surface area contributed by atoms with Gasteiger partial charge in [0.25, 0.3) is 0 Å². The molecule has 1 saturated carbocycles. The minimum absolute atomic E-state index is 0.0194. The predicted molar refractivity (Wildman–Crippen MR) is 102 cm³/mol. The zero-order valence-corrected chi connectivity index (χ0v) is 14.8. The number of nitrogens with one attached hydrogen (secondary N) is 1. The van der Waals surface area contributed by atoms with Gasteiger partial charge in [-0.15, -0.1) is 10.2 Å². The van der Waals surface area contributed by atoms with E-state index in [2.05, 4.69) is 27.8 Å². The van der Waals surface area contributed by atoms with Crippen LogP contribution in [0.25, 0.3) is 22.3 Å². The summed E-state index contributed by atoms with van der Waals surface area (Å²) in [6.07, 6.45) is 3.72. The largest absolute Gasteiger partial charge is 0.507 e. The number of rotatable bonds is 3. The number of hydrogen-bond acceptors (Lipinski definition) is 4. The second-order valence-electron chi connectivity index (χ2n) is 7.42. The highest BCUT2D eigenvalue weighted by Gasteiger charge is 2.49. The summed E-state index contributed by atoms with van der Waals surface area (Å²) in [5, 5.41) is 19.6. The maximum absolute atomic E-state index is 12.3. The maximum Gasteiger partial charge on any atom is 0.246 e. The summed E-state index contributed by atoms with van der Waals surface area (Å²) in [4.78, 5) is 17.6. The minimum Gasteiger partial charge on any atom is -0.507 e. The minimum atomic E-state index is -0.0194. The van der Waals surface area contributed by atoms with Crippen molar-refractivity contribution in [2.75, 3.05) is 6.54 Å². The summed E-state index contributed by atoms with van der Waals surface area (Å²) in [6, 6.07) is 11.1. The van der Waals surface area contributed by atoms with Gasteiger partial charge in [0, 0.05) is 23.2 Å². The Morgan fingerprint density at radius 1 is 1.26 bits per heavy atom. The lowest BCUT2D eigenvalue weighted by molar-refractivity contribution is -0.127. The van der Waals surface area contributed by atoms with Crippen LogP contribution >= 0.6 is 0 Å². The van der Waals surface area contributed by atoms with Crippen molar-refractivity contribution in [3.63, 3.8) is 0 Å². The van der Waals surface area contributed by atoms with E-state index < -0.39 is 0 Å². The van der Waals surface area contributed by atoms with Gasteiger partial charge in [0.05, 0.1) is 11.7 Å². The van der Waals surface area contributed by atoms with E-state index in [1.165, 1.54) is 12.5 Å². The highest BCUT2D eigenvalue weighted by Crippen LogP contribution is 2.52. The topological polar surface area (TPSA) is 82.1 Å². The second-order valence-corrected chi connectivity index (χ2v) is 7.42. The van der Waals surface area contributed by atoms with E-state index in [0.29, 0.717) is 28.7 Å². The fourth-order valence-electron chi connectivity index (χ4n) is 4.51. The van der Waals surface area contributed by atoms with Gasteiger partial charge in [-0.05, 0) is 55.0 Å². The number of aromatic amines is 1. The molecule has 0 bridgehead atoms. The molecule has 1 unspecified atom stereocenters. The van der Waals surface area contributed by atoms with Crippen LogP contribution in [0.3, 0.4) is 0 Å². The zero-order chi connectivity index (χ0) is 18.5. The Morgan fingerprint density at radius 2 is 2.11 bits per heavy atom. The average molecular weight is 360 g/mol. The number of likely N-dealkylation sites (tertiary alicyclic amines) is 1. The van der Waals surface area contributed by atoms with Gasteiger partial charge in [0.1, 0.15) is 5.75 Å². The van der Waals surface area contributed by atoms with E-state index in [1.54, 1.807) is 12.1 Å². The molecule has 3 atom stereocenters. The molecule has 1 saturated heterocycles. The first-order chi connectivity index (χ1) is 13.2. The van der Waals surface area contributed by atoms with Gasteiger partial charge in [-0.2, -0.15) is 0 Å². The van der Waals surface area contributed by atoms with Crippen molar-refractivity contribution in [1.82, 2.24) is 20.1 Å². The number of aromatic hydroxyl groups is 1. The first-order valence-corrected chi connectivity index (χ1v) is 9.23. The normalized spacial score (nSPS) is 23.9. The number of aromatic nitrogens is 3. The molecule has 2 aliphatic rings. The number of fused-ring (bicyclic) bond motifs is 2. The van der Waals surface area contributed by atoms with Gasteiger partial charge < -0.3 is 15.0 Å². The number of phenols is 1. The average Bonchev–Trinajstić information content (AvgIpc) is 3.19. The van der Waals surface area contributed by atoms with Crippen molar-refractivity contribution < 1.29 is 9.90 Å². The van der Waals surface area contributed by atoms with Crippen LogP contribution in [0.1, 0.15) is 24.6 Å². The molecule has 27 heavy (non-hydrogen) atoms. The summed E-state index contributed by atoms with van der Waals surface area (Å²) in [7, 11) is 0. The van der Waals surface area contributed by atoms with Crippen LogP contribution in [0, 0.1) is 11.8 Å². The molecule has 2 fully saturated rings. The van der Waals surface area contributed by atoms with E-state index in [0.717, 1.165) is 24.0 Å². The summed E-state index contributed by atoms with van der Waals surface area (Å²) in [6.45, 7) is 4.45. The van der Waals surface area contributed by atoms with Crippen molar-refractivity contribution in [1.29, 1.82) is 0 Å². The Bertz CT molecular complexity index is 1060. The lowest BCUT2D eigenvalue weighted by atomic mass is 9.72. The third-order valence-electron chi connectivity index (χ3n) is 6.00. The SMILES string of the molecule is C=CC(=O)N1C[C@H]2CC[C@H]2C1c1cc2cc(-c3ccccc3O)nnc2[nH]1. The molecule has 6 heteroatoms. The third-order valence-corrected chi connectivity index (χ3v) is 6.00. The molecule has 1 aliphatic heterocycles. The molecule has 1 aliphatic carbocycles. The number of phenolic OH excluding ortho intramolecular Hbond substituents is 1. The fourth-order valence-corrected chi connectivity index (χ4v) is 4.51. The van der Waals surface area contributed by atoms with Crippen molar-refractivity contribution in [2.24, 2.45) is 11.8 Å². The molecule has 6 nitrogen and oxygen atoms in total. The molecule has 2 aromatic heterocycles. The van der Waals surface area contributed by atoms with Gasteiger partial charge in [0.2, 0.25) is 5.91 Å². The quantitative estimate of drug-likeness (QED) is 0.701. The molecule has 1 amide bonds. The van der Waals surface area contributed by atoms with E-state index in [4.69, 9.17) is 0 Å². The highest BCUT2D eigenvalue weighted by atomic mass is 16.3. The predicted octanol–water partition coefficient (Wildman–Crippen LogP) is 3.43. The zero-order valence-electron chi connectivity index (χ0n) is 14.8. The van der Waals surface area contributed by atoms with Gasteiger partial charge >= 0.3 is 0 Å². The van der Waals surface area contributed by atoms with E-state index >= 15 is 0 Å². The summed E-state index contributed by atoms with van der Waals surface area (Å²) in [5.74, 6) is 1.23. The Labute approximate surface area is 156 Å². The molecular formula is C21H20N4O2. The number of carbonyl (C=O) groups excluding carboxylic acids is 1. The Kier molecular flexibility index (Phi) is 3.53. The summed E-state index contributed by atoms with van der Waals surface area (Å²) in [5.41, 5.74) is 2.96. The molecule has 0 radical (unpaired) electrons. The van der Waals surface area contributed by atoms with Crippen LogP contribution in [0.4, 0.5) is 0 Å². The van der Waals surface area contributed by atoms with Crippen LogP contribution in [-0.4, -0.2) is 37.6 Å². The Morgan fingerprint density at radius 3 is 2.85 bits per heavy atom. The van der Waals surface area contributed by atoms with Gasteiger partial charge in [-0.25, -0.2) is 0 Å². The first kappa shape index (κ1) is 16.1. The molecule has 1 aromatic carbocycles. The van der Waals surface area contributed by atoms with E-state index in [9.17, 15) is 9.90 Å². The van der Waals surface area contributed by atoms with Crippen molar-refractivity contribution >= 4 is 16.9 Å². The van der Waals surface area contributed by atoms with Crippen molar-refractivity contribution in [3.8, 4) is 17.0 Å². The number of amides is 1. The summed E-state index contributed by atoms with van der Waals surface area (Å²) >= 11 is 0. The van der Waals surface area contributed by atoms with Crippen molar-refractivity contribution in [3.05, 3.63) is 54.7 Å². The number of para-hydroxylation sites is 1. The number of benzene rings is 1. The van der Waals surface area contributed by atoms with E-state index in [1.807, 2.05) is 23.1 Å². The Balaban J connectivity index is 1.56. The molecule has 5 rings (SSSR count). The van der Waals surface area contributed by atoms with E-state index in [-0.39, 0.29) is 17.7 Å². The smallest absolute Gasteiger partial charge is 0.246 e. The standard InChI is InChI=1S/C21H20N4O2/c1-2-19(27)25-11-12-7-8-14(12)20(25)17-10-13-9-16(23-24-21(13)22-17)15-5-3-4-6-18(15)26/h2-6,9-10,12,14,20,26H,1,7-8,11H2,(H,22,24)/t12-,14-,20?/m1/s1. The van der Waals surface area contributed by atoms with Crippen LogP contribution in [-0.2, 0) is 4.79 Å². The van der Waals surface area contributed by atoms with Gasteiger partial charge in [-0.3, -0.25) is 4.79 Å². The van der Waals surface area contributed by atoms with Crippen LogP contribution in [0.2, 0.25) is 0 Å². The first-order valence-electron chi connectivity index (χ1n) is 9.23. The maximum atomic E-state index is 12.3. The van der Waals surface area contributed by atoms with Crippen LogP contribution < -0.4 is 0 Å². The lowest BCUT2D eigenvalue weighted by Crippen LogP contribution is -2.30.